The molecule has 0 spiro atoms. The molecular formula is C7H13F2NO. The highest BCUT2D eigenvalue weighted by atomic mass is 19.3. The molecule has 0 radical (unpaired) electrons. The fourth-order valence-corrected chi connectivity index (χ4v) is 1.41. The first-order valence-corrected chi connectivity index (χ1v) is 3.73. The highest BCUT2D eigenvalue weighted by molar-refractivity contribution is 4.84. The van der Waals surface area contributed by atoms with Crippen molar-refractivity contribution in [2.45, 2.75) is 12.3 Å². The zero-order valence-electron chi connectivity index (χ0n) is 6.56. The second kappa shape index (κ2) is 3.03. The van der Waals surface area contributed by atoms with Crippen LogP contribution in [0.15, 0.2) is 0 Å². The Morgan fingerprint density at radius 1 is 1.64 bits per heavy atom. The minimum atomic E-state index is -2.88. The molecule has 0 aliphatic carbocycles. The van der Waals surface area contributed by atoms with E-state index >= 15 is 0 Å². The highest BCUT2D eigenvalue weighted by Crippen LogP contribution is 2.30. The van der Waals surface area contributed by atoms with Crippen molar-refractivity contribution in [3.05, 3.63) is 0 Å². The largest absolute Gasteiger partial charge is 0.390 e. The topological polar surface area (TPSA) is 23.5 Å². The zero-order chi connectivity index (χ0) is 8.48. The Labute approximate surface area is 64.8 Å². The lowest BCUT2D eigenvalue weighted by Gasteiger charge is -2.20. The van der Waals surface area contributed by atoms with Crippen LogP contribution in [0.1, 0.15) is 6.42 Å². The molecule has 1 aliphatic rings. The molecule has 0 bridgehead atoms. The van der Waals surface area contributed by atoms with Crippen molar-refractivity contribution in [2.75, 3.05) is 26.7 Å². The van der Waals surface area contributed by atoms with Crippen molar-refractivity contribution in [1.29, 1.82) is 0 Å². The first kappa shape index (κ1) is 8.87. The molecule has 0 aromatic carbocycles. The minimum Gasteiger partial charge on any atom is -0.390 e. The lowest BCUT2D eigenvalue weighted by atomic mass is 10.0. The van der Waals surface area contributed by atoms with Crippen molar-refractivity contribution in [3.63, 3.8) is 0 Å². The van der Waals surface area contributed by atoms with Crippen LogP contribution in [0.3, 0.4) is 0 Å². The number of aliphatic hydroxyl groups is 1. The predicted molar refractivity (Wildman–Crippen MR) is 37.6 cm³/mol. The van der Waals surface area contributed by atoms with Crippen molar-refractivity contribution in [1.82, 2.24) is 4.90 Å². The molecule has 4 heteroatoms. The Morgan fingerprint density at radius 3 is 2.64 bits per heavy atom. The van der Waals surface area contributed by atoms with Crippen LogP contribution in [0.5, 0.6) is 0 Å². The van der Waals surface area contributed by atoms with Crippen LogP contribution in [0, 0.1) is 5.92 Å². The van der Waals surface area contributed by atoms with Gasteiger partial charge in [-0.25, -0.2) is 8.78 Å². The SMILES string of the molecule is CN1CCC(C(F)(F)CO)C1. The van der Waals surface area contributed by atoms with Gasteiger partial charge in [-0.3, -0.25) is 0 Å². The molecule has 1 heterocycles. The van der Waals surface area contributed by atoms with E-state index in [0.717, 1.165) is 0 Å². The molecular weight excluding hydrogens is 152 g/mol. The maximum absolute atomic E-state index is 12.8. The number of halogens is 2. The summed E-state index contributed by atoms with van der Waals surface area (Å²) in [7, 11) is 1.81. The summed E-state index contributed by atoms with van der Waals surface area (Å²) >= 11 is 0. The van der Waals surface area contributed by atoms with E-state index in [0.29, 0.717) is 19.5 Å². The smallest absolute Gasteiger partial charge is 0.274 e. The molecule has 1 rings (SSSR count). The molecule has 1 saturated heterocycles. The van der Waals surface area contributed by atoms with Crippen molar-refractivity contribution >= 4 is 0 Å². The van der Waals surface area contributed by atoms with E-state index in [4.69, 9.17) is 5.11 Å². The summed E-state index contributed by atoms with van der Waals surface area (Å²) in [4.78, 5) is 1.86. The van der Waals surface area contributed by atoms with Crippen molar-refractivity contribution in [3.8, 4) is 0 Å². The molecule has 66 valence electrons. The van der Waals surface area contributed by atoms with Crippen LogP contribution in [0.2, 0.25) is 0 Å². The van der Waals surface area contributed by atoms with Crippen molar-refractivity contribution < 1.29 is 13.9 Å². The first-order chi connectivity index (χ1) is 5.06. The van der Waals surface area contributed by atoms with Crippen LogP contribution in [-0.4, -0.2) is 42.7 Å². The maximum Gasteiger partial charge on any atom is 0.274 e. The highest BCUT2D eigenvalue weighted by Gasteiger charge is 2.41. The number of likely N-dealkylation sites (tertiary alicyclic amines) is 1. The number of hydrogen-bond acceptors (Lipinski definition) is 2. The van der Waals surface area contributed by atoms with Crippen LogP contribution in [0.25, 0.3) is 0 Å². The molecule has 1 N–H and O–H groups in total. The van der Waals surface area contributed by atoms with Gasteiger partial charge >= 0.3 is 0 Å². The van der Waals surface area contributed by atoms with Crippen molar-refractivity contribution in [2.24, 2.45) is 5.92 Å². The number of aliphatic hydroxyl groups excluding tert-OH is 1. The Bertz CT molecular complexity index is 140. The fourth-order valence-electron chi connectivity index (χ4n) is 1.41. The predicted octanol–water partition coefficient (Wildman–Crippen LogP) is 0.566. The lowest BCUT2D eigenvalue weighted by Crippen LogP contribution is -2.33. The lowest BCUT2D eigenvalue weighted by molar-refractivity contribution is -0.0933. The number of hydrogen-bond donors (Lipinski definition) is 1. The van der Waals surface area contributed by atoms with E-state index in [-0.39, 0.29) is 0 Å². The zero-order valence-corrected chi connectivity index (χ0v) is 6.56. The van der Waals surface area contributed by atoms with Crippen LogP contribution in [-0.2, 0) is 0 Å². The molecule has 1 atom stereocenters. The third kappa shape index (κ3) is 1.87. The third-order valence-electron chi connectivity index (χ3n) is 2.20. The summed E-state index contributed by atoms with van der Waals surface area (Å²) in [5.74, 6) is -3.54. The van der Waals surface area contributed by atoms with E-state index in [9.17, 15) is 8.78 Å². The van der Waals surface area contributed by atoms with Gasteiger partial charge in [-0.05, 0) is 20.0 Å². The van der Waals surface area contributed by atoms with Gasteiger partial charge in [0.25, 0.3) is 5.92 Å². The van der Waals surface area contributed by atoms with Gasteiger partial charge in [0.05, 0.1) is 0 Å². The average Bonchev–Trinajstić information content (AvgIpc) is 2.36. The molecule has 0 saturated carbocycles. The minimum absolute atomic E-state index is 0.396. The second-order valence-corrected chi connectivity index (χ2v) is 3.17. The normalized spacial score (nSPS) is 27.8. The van der Waals surface area contributed by atoms with Gasteiger partial charge in [0.1, 0.15) is 6.61 Å². The number of rotatable bonds is 2. The molecule has 1 unspecified atom stereocenters. The molecule has 0 aromatic heterocycles. The molecule has 1 fully saturated rings. The summed E-state index contributed by atoms with van der Waals surface area (Å²) < 4.78 is 25.5. The van der Waals surface area contributed by atoms with Gasteiger partial charge in [0.2, 0.25) is 0 Å². The Hall–Kier alpha value is -0.220. The Morgan fingerprint density at radius 2 is 2.27 bits per heavy atom. The molecule has 2 nitrogen and oxygen atoms in total. The fraction of sp³-hybridized carbons (Fsp3) is 1.00. The van der Waals surface area contributed by atoms with Gasteiger partial charge in [-0.1, -0.05) is 0 Å². The van der Waals surface area contributed by atoms with E-state index in [1.807, 2.05) is 11.9 Å². The van der Waals surface area contributed by atoms with Crippen LogP contribution >= 0.6 is 0 Å². The summed E-state index contributed by atoms with van der Waals surface area (Å²) in [6, 6.07) is 0. The molecule has 0 aromatic rings. The summed E-state index contributed by atoms with van der Waals surface area (Å²) in [5, 5.41) is 8.37. The van der Waals surface area contributed by atoms with E-state index in [2.05, 4.69) is 0 Å². The number of nitrogens with zero attached hydrogens (tertiary/aromatic N) is 1. The van der Waals surface area contributed by atoms with Gasteiger partial charge in [-0.15, -0.1) is 0 Å². The maximum atomic E-state index is 12.8. The molecule has 0 amide bonds. The van der Waals surface area contributed by atoms with Gasteiger partial charge < -0.3 is 10.0 Å². The summed E-state index contributed by atoms with van der Waals surface area (Å²) in [6.07, 6.45) is 0.490. The van der Waals surface area contributed by atoms with Gasteiger partial charge in [-0.2, -0.15) is 0 Å². The van der Waals surface area contributed by atoms with E-state index < -0.39 is 18.4 Å². The third-order valence-corrected chi connectivity index (χ3v) is 2.20. The van der Waals surface area contributed by atoms with E-state index in [1.54, 1.807) is 0 Å². The quantitative estimate of drug-likeness (QED) is 0.646. The van der Waals surface area contributed by atoms with Gasteiger partial charge in [0, 0.05) is 12.5 Å². The van der Waals surface area contributed by atoms with E-state index in [1.165, 1.54) is 0 Å². The first-order valence-electron chi connectivity index (χ1n) is 3.73. The standard InChI is InChI=1S/C7H13F2NO/c1-10-3-2-6(4-10)7(8,9)5-11/h6,11H,2-5H2,1H3. The van der Waals surface area contributed by atoms with Crippen LogP contribution in [0.4, 0.5) is 8.78 Å². The van der Waals surface area contributed by atoms with Crippen LogP contribution < -0.4 is 0 Å². The van der Waals surface area contributed by atoms with Gasteiger partial charge in [0.15, 0.2) is 0 Å². The molecule has 1 aliphatic heterocycles. The Kier molecular flexibility index (Phi) is 2.44. The molecule has 11 heavy (non-hydrogen) atoms. The Balaban J connectivity index is 2.48. The average molecular weight is 165 g/mol. The monoisotopic (exact) mass is 165 g/mol. The summed E-state index contributed by atoms with van der Waals surface area (Å²) in [6.45, 7) is 0.0827. The number of alkyl halides is 2. The summed E-state index contributed by atoms with van der Waals surface area (Å²) in [5.41, 5.74) is 0. The second-order valence-electron chi connectivity index (χ2n) is 3.17.